The Labute approximate surface area is 160 Å². The highest BCUT2D eigenvalue weighted by atomic mass is 16.5. The lowest BCUT2D eigenvalue weighted by Gasteiger charge is -2.18. The van der Waals surface area contributed by atoms with Crippen molar-refractivity contribution in [3.8, 4) is 0 Å². The van der Waals surface area contributed by atoms with Crippen LogP contribution in [-0.2, 0) is 16.0 Å². The Bertz CT molecular complexity index is 896. The predicted molar refractivity (Wildman–Crippen MR) is 110 cm³/mol. The van der Waals surface area contributed by atoms with Gasteiger partial charge in [0.25, 0.3) is 0 Å². The molecule has 2 N–H and O–H groups in total. The first-order chi connectivity index (χ1) is 13.1. The molecule has 0 aliphatic rings. The summed E-state index contributed by atoms with van der Waals surface area (Å²) in [4.78, 5) is 16.0. The lowest BCUT2D eigenvalue weighted by molar-refractivity contribution is -0.121. The smallest absolute Gasteiger partial charge is 0.221 e. The Balaban J connectivity index is 1.97. The zero-order valence-corrected chi connectivity index (χ0v) is 16.3. The van der Waals surface area contributed by atoms with Crippen LogP contribution < -0.4 is 5.32 Å². The summed E-state index contributed by atoms with van der Waals surface area (Å²) in [5, 5.41) is 4.15. The van der Waals surface area contributed by atoms with E-state index in [0.717, 1.165) is 12.0 Å². The van der Waals surface area contributed by atoms with E-state index >= 15 is 0 Å². The molecule has 0 saturated carbocycles. The van der Waals surface area contributed by atoms with E-state index in [0.29, 0.717) is 19.6 Å². The number of benzene rings is 2. The standard InChI is InChI=1S/C23H28N2O2/c1-4-17-6-5-7-19-21(15-25-23(17)19)20(14-22(26)24-12-13-27-3)18-10-8-16(2)9-11-18/h5-11,15,20,25H,4,12-14H2,1-3H3,(H,24,26)/t20-/m1/s1. The normalized spacial score (nSPS) is 12.3. The number of aromatic amines is 1. The molecule has 27 heavy (non-hydrogen) atoms. The van der Waals surface area contributed by atoms with Gasteiger partial charge in [-0.05, 0) is 30.0 Å². The topological polar surface area (TPSA) is 54.1 Å². The first kappa shape index (κ1) is 19.2. The van der Waals surface area contributed by atoms with Gasteiger partial charge in [0.2, 0.25) is 5.91 Å². The second-order valence-electron chi connectivity index (χ2n) is 6.95. The number of rotatable bonds is 8. The van der Waals surface area contributed by atoms with Crippen LogP contribution in [0.4, 0.5) is 0 Å². The van der Waals surface area contributed by atoms with Crippen LogP contribution >= 0.6 is 0 Å². The first-order valence-electron chi connectivity index (χ1n) is 9.55. The summed E-state index contributed by atoms with van der Waals surface area (Å²) in [6.45, 7) is 5.29. The maximum Gasteiger partial charge on any atom is 0.221 e. The van der Waals surface area contributed by atoms with Gasteiger partial charge in [-0.1, -0.05) is 55.0 Å². The van der Waals surface area contributed by atoms with Gasteiger partial charge in [-0.25, -0.2) is 0 Å². The van der Waals surface area contributed by atoms with Crippen LogP contribution in [0.25, 0.3) is 10.9 Å². The highest BCUT2D eigenvalue weighted by Crippen LogP contribution is 2.34. The van der Waals surface area contributed by atoms with Gasteiger partial charge in [0.1, 0.15) is 0 Å². The number of hydrogen-bond acceptors (Lipinski definition) is 2. The number of carbonyl (C=O) groups excluding carboxylic acids is 1. The molecule has 0 radical (unpaired) electrons. The van der Waals surface area contributed by atoms with Crippen molar-refractivity contribution in [2.24, 2.45) is 0 Å². The number of para-hydroxylation sites is 1. The zero-order valence-electron chi connectivity index (χ0n) is 16.3. The fourth-order valence-electron chi connectivity index (χ4n) is 3.58. The largest absolute Gasteiger partial charge is 0.383 e. The average Bonchev–Trinajstić information content (AvgIpc) is 3.11. The van der Waals surface area contributed by atoms with Gasteiger partial charge in [-0.15, -0.1) is 0 Å². The Morgan fingerprint density at radius 3 is 2.67 bits per heavy atom. The monoisotopic (exact) mass is 364 g/mol. The summed E-state index contributed by atoms with van der Waals surface area (Å²) < 4.78 is 5.03. The fraction of sp³-hybridized carbons (Fsp3) is 0.348. The molecule has 0 saturated heterocycles. The van der Waals surface area contributed by atoms with Gasteiger partial charge in [0, 0.05) is 43.1 Å². The Morgan fingerprint density at radius 1 is 1.19 bits per heavy atom. The van der Waals surface area contributed by atoms with E-state index in [4.69, 9.17) is 4.74 Å². The number of hydrogen-bond donors (Lipinski definition) is 2. The third-order valence-electron chi connectivity index (χ3n) is 5.09. The second-order valence-corrected chi connectivity index (χ2v) is 6.95. The lowest BCUT2D eigenvalue weighted by Crippen LogP contribution is -2.28. The van der Waals surface area contributed by atoms with Crippen LogP contribution in [-0.4, -0.2) is 31.2 Å². The van der Waals surface area contributed by atoms with E-state index in [1.807, 2.05) is 0 Å². The van der Waals surface area contributed by atoms with Crippen LogP contribution in [0.3, 0.4) is 0 Å². The lowest BCUT2D eigenvalue weighted by atomic mass is 9.87. The summed E-state index contributed by atoms with van der Waals surface area (Å²) in [5.41, 5.74) is 6.02. The maximum atomic E-state index is 12.5. The van der Waals surface area contributed by atoms with E-state index < -0.39 is 0 Å². The number of carbonyl (C=O) groups is 1. The molecule has 142 valence electrons. The molecule has 1 aromatic heterocycles. The summed E-state index contributed by atoms with van der Waals surface area (Å²) in [5.74, 6) is 0.0487. The molecule has 1 heterocycles. The van der Waals surface area contributed by atoms with Gasteiger partial charge >= 0.3 is 0 Å². The van der Waals surface area contributed by atoms with E-state index in [1.165, 1.54) is 27.6 Å². The molecule has 4 heteroatoms. The van der Waals surface area contributed by atoms with Crippen molar-refractivity contribution in [2.45, 2.75) is 32.6 Å². The molecule has 2 aromatic carbocycles. The summed E-state index contributed by atoms with van der Waals surface area (Å²) in [7, 11) is 1.64. The minimum atomic E-state index is 0.00833. The van der Waals surface area contributed by atoms with Crippen LogP contribution in [0.1, 0.15) is 41.5 Å². The Hall–Kier alpha value is -2.59. The first-order valence-corrected chi connectivity index (χ1v) is 9.55. The number of H-pyrrole nitrogens is 1. The molecule has 0 unspecified atom stereocenters. The molecule has 0 aliphatic heterocycles. The van der Waals surface area contributed by atoms with Crippen LogP contribution in [0.5, 0.6) is 0 Å². The number of aromatic nitrogens is 1. The molecule has 3 aromatic rings. The van der Waals surface area contributed by atoms with E-state index in [9.17, 15) is 4.79 Å². The second kappa shape index (κ2) is 8.87. The van der Waals surface area contributed by atoms with Crippen molar-refractivity contribution in [2.75, 3.05) is 20.3 Å². The summed E-state index contributed by atoms with van der Waals surface area (Å²) in [6.07, 6.45) is 3.46. The highest BCUT2D eigenvalue weighted by Gasteiger charge is 2.22. The van der Waals surface area contributed by atoms with E-state index in [1.54, 1.807) is 7.11 Å². The molecule has 1 atom stereocenters. The fourth-order valence-corrected chi connectivity index (χ4v) is 3.58. The van der Waals surface area contributed by atoms with E-state index in [-0.39, 0.29) is 11.8 Å². The van der Waals surface area contributed by atoms with Gasteiger partial charge in [0.15, 0.2) is 0 Å². The van der Waals surface area contributed by atoms with Gasteiger partial charge in [-0.3, -0.25) is 4.79 Å². The third-order valence-corrected chi connectivity index (χ3v) is 5.09. The maximum absolute atomic E-state index is 12.5. The van der Waals surface area contributed by atoms with Crippen molar-refractivity contribution >= 4 is 16.8 Å². The SMILES string of the molecule is CCc1cccc2c([C@H](CC(=O)NCCOC)c3ccc(C)cc3)c[nH]c12. The number of amides is 1. The Morgan fingerprint density at radius 2 is 1.96 bits per heavy atom. The number of methoxy groups -OCH3 is 1. The van der Waals surface area contributed by atoms with Gasteiger partial charge in [0.05, 0.1) is 6.61 Å². The number of ether oxygens (including phenoxy) is 1. The van der Waals surface area contributed by atoms with Crippen LogP contribution in [0.2, 0.25) is 0 Å². The molecule has 3 rings (SSSR count). The number of aryl methyl sites for hydroxylation is 2. The van der Waals surface area contributed by atoms with Crippen LogP contribution in [0, 0.1) is 6.92 Å². The predicted octanol–water partition coefficient (Wildman–Crippen LogP) is 4.32. The van der Waals surface area contributed by atoms with Crippen molar-refractivity contribution < 1.29 is 9.53 Å². The van der Waals surface area contributed by atoms with E-state index in [2.05, 4.69) is 72.8 Å². The van der Waals surface area contributed by atoms with Crippen molar-refractivity contribution in [1.29, 1.82) is 0 Å². The molecule has 0 spiro atoms. The minimum Gasteiger partial charge on any atom is -0.383 e. The zero-order chi connectivity index (χ0) is 19.2. The molecule has 0 fully saturated rings. The molecular formula is C23H28N2O2. The summed E-state index contributed by atoms with van der Waals surface area (Å²) in [6, 6.07) is 14.9. The molecule has 0 bridgehead atoms. The highest BCUT2D eigenvalue weighted by molar-refractivity contribution is 5.88. The van der Waals surface area contributed by atoms with Crippen LogP contribution in [0.15, 0.2) is 48.7 Å². The Kier molecular flexibility index (Phi) is 6.30. The number of nitrogens with one attached hydrogen (secondary N) is 2. The third kappa shape index (κ3) is 4.40. The molecule has 1 amide bonds. The molecule has 0 aliphatic carbocycles. The summed E-state index contributed by atoms with van der Waals surface area (Å²) >= 11 is 0. The molecular weight excluding hydrogens is 336 g/mol. The van der Waals surface area contributed by atoms with Crippen molar-refractivity contribution in [3.63, 3.8) is 0 Å². The van der Waals surface area contributed by atoms with Crippen molar-refractivity contribution in [1.82, 2.24) is 10.3 Å². The molecule has 4 nitrogen and oxygen atoms in total. The number of fused-ring (bicyclic) bond motifs is 1. The minimum absolute atomic E-state index is 0.00833. The van der Waals surface area contributed by atoms with Crippen molar-refractivity contribution in [3.05, 3.63) is 70.9 Å². The van der Waals surface area contributed by atoms with Gasteiger partial charge < -0.3 is 15.0 Å². The van der Waals surface area contributed by atoms with Gasteiger partial charge in [-0.2, -0.15) is 0 Å². The quantitative estimate of drug-likeness (QED) is 0.585. The average molecular weight is 364 g/mol.